The Morgan fingerprint density at radius 3 is 2.67 bits per heavy atom. The molecule has 0 unspecified atom stereocenters. The molecule has 0 saturated carbocycles. The monoisotopic (exact) mass is 204 g/mol. The summed E-state index contributed by atoms with van der Waals surface area (Å²) in [6, 6.07) is 4.25. The van der Waals surface area contributed by atoms with Crippen molar-refractivity contribution >= 4 is 0 Å². The molecule has 1 saturated heterocycles. The van der Waals surface area contributed by atoms with Crippen molar-refractivity contribution in [2.24, 2.45) is 5.92 Å². The van der Waals surface area contributed by atoms with Gasteiger partial charge in [-0.1, -0.05) is 6.42 Å². The summed E-state index contributed by atoms with van der Waals surface area (Å²) in [6.07, 6.45) is 10.5. The number of hydrogen-bond donors (Lipinski definition) is 1. The lowest BCUT2D eigenvalue weighted by molar-refractivity contribution is 0.347. The first-order valence-corrected chi connectivity index (χ1v) is 6.05. The highest BCUT2D eigenvalue weighted by Gasteiger charge is 2.11. The zero-order valence-electron chi connectivity index (χ0n) is 9.28. The summed E-state index contributed by atoms with van der Waals surface area (Å²) in [5.41, 5.74) is 1.43. The van der Waals surface area contributed by atoms with Gasteiger partial charge in [-0.15, -0.1) is 0 Å². The molecule has 0 aliphatic carbocycles. The van der Waals surface area contributed by atoms with Crippen LogP contribution in [0.3, 0.4) is 0 Å². The Balaban J connectivity index is 1.66. The van der Waals surface area contributed by atoms with Gasteiger partial charge in [-0.25, -0.2) is 0 Å². The second kappa shape index (κ2) is 5.86. The zero-order valence-corrected chi connectivity index (χ0v) is 9.28. The third-order valence-corrected chi connectivity index (χ3v) is 3.29. The number of pyridine rings is 1. The van der Waals surface area contributed by atoms with E-state index in [9.17, 15) is 0 Å². The van der Waals surface area contributed by atoms with E-state index in [0.717, 1.165) is 5.92 Å². The fourth-order valence-corrected chi connectivity index (χ4v) is 2.31. The van der Waals surface area contributed by atoms with Gasteiger partial charge in [0, 0.05) is 12.4 Å². The number of aryl methyl sites for hydroxylation is 1. The smallest absolute Gasteiger partial charge is 0.0270 e. The maximum absolute atomic E-state index is 4.04. The van der Waals surface area contributed by atoms with Crippen molar-refractivity contribution in [2.45, 2.75) is 32.1 Å². The Labute approximate surface area is 92.1 Å². The first-order valence-electron chi connectivity index (χ1n) is 6.05. The average Bonchev–Trinajstić information content (AvgIpc) is 2.32. The van der Waals surface area contributed by atoms with Crippen LogP contribution >= 0.6 is 0 Å². The van der Waals surface area contributed by atoms with E-state index in [1.165, 1.54) is 50.8 Å². The highest BCUT2D eigenvalue weighted by molar-refractivity contribution is 5.09. The van der Waals surface area contributed by atoms with Gasteiger partial charge in [0.05, 0.1) is 0 Å². The maximum atomic E-state index is 4.04. The Bertz CT molecular complexity index is 265. The molecule has 0 atom stereocenters. The standard InChI is InChI=1S/C13H20N2/c1(2-12-4-8-14-9-5-12)3-13-6-10-15-11-7-13/h4-5,8-9,13,15H,1-3,6-7,10-11H2. The van der Waals surface area contributed by atoms with Gasteiger partial charge in [0.1, 0.15) is 0 Å². The van der Waals surface area contributed by atoms with E-state index in [0.29, 0.717) is 0 Å². The highest BCUT2D eigenvalue weighted by atomic mass is 14.9. The molecule has 2 heterocycles. The molecular weight excluding hydrogens is 184 g/mol. The molecule has 1 aromatic heterocycles. The summed E-state index contributed by atoms with van der Waals surface area (Å²) in [7, 11) is 0. The summed E-state index contributed by atoms with van der Waals surface area (Å²) < 4.78 is 0. The zero-order chi connectivity index (χ0) is 10.3. The SMILES string of the molecule is c1cc(CCCC2CCNCC2)ccn1. The predicted octanol–water partition coefficient (Wildman–Crippen LogP) is 2.40. The lowest BCUT2D eigenvalue weighted by Crippen LogP contribution is -2.27. The molecule has 1 aromatic rings. The minimum atomic E-state index is 0.966. The van der Waals surface area contributed by atoms with E-state index < -0.39 is 0 Å². The lowest BCUT2D eigenvalue weighted by Gasteiger charge is -2.22. The Hall–Kier alpha value is -0.890. The van der Waals surface area contributed by atoms with Crippen molar-refractivity contribution in [3.05, 3.63) is 30.1 Å². The van der Waals surface area contributed by atoms with Gasteiger partial charge in [-0.05, 0) is 62.4 Å². The summed E-state index contributed by atoms with van der Waals surface area (Å²) in [4.78, 5) is 4.04. The van der Waals surface area contributed by atoms with Gasteiger partial charge in [0.15, 0.2) is 0 Å². The van der Waals surface area contributed by atoms with Gasteiger partial charge in [0.2, 0.25) is 0 Å². The van der Waals surface area contributed by atoms with Crippen molar-refractivity contribution in [2.75, 3.05) is 13.1 Å². The Morgan fingerprint density at radius 2 is 1.93 bits per heavy atom. The van der Waals surface area contributed by atoms with Crippen LogP contribution in [0.1, 0.15) is 31.2 Å². The van der Waals surface area contributed by atoms with Crippen LogP contribution in [0.15, 0.2) is 24.5 Å². The molecule has 0 amide bonds. The van der Waals surface area contributed by atoms with Gasteiger partial charge in [0.25, 0.3) is 0 Å². The fourth-order valence-electron chi connectivity index (χ4n) is 2.31. The summed E-state index contributed by atoms with van der Waals surface area (Å²) in [5.74, 6) is 0.966. The number of aromatic nitrogens is 1. The fraction of sp³-hybridized carbons (Fsp3) is 0.615. The van der Waals surface area contributed by atoms with Crippen molar-refractivity contribution in [1.82, 2.24) is 10.3 Å². The third-order valence-electron chi connectivity index (χ3n) is 3.29. The largest absolute Gasteiger partial charge is 0.317 e. The third kappa shape index (κ3) is 3.63. The van der Waals surface area contributed by atoms with Crippen molar-refractivity contribution in [1.29, 1.82) is 0 Å². The number of nitrogens with zero attached hydrogens (tertiary/aromatic N) is 1. The molecule has 15 heavy (non-hydrogen) atoms. The summed E-state index contributed by atoms with van der Waals surface area (Å²) in [5, 5.41) is 3.41. The average molecular weight is 204 g/mol. The predicted molar refractivity (Wildman–Crippen MR) is 62.8 cm³/mol. The van der Waals surface area contributed by atoms with Crippen LogP contribution in [-0.4, -0.2) is 18.1 Å². The van der Waals surface area contributed by atoms with E-state index in [1.807, 2.05) is 12.4 Å². The molecule has 82 valence electrons. The van der Waals surface area contributed by atoms with Crippen molar-refractivity contribution < 1.29 is 0 Å². The molecule has 0 radical (unpaired) electrons. The van der Waals surface area contributed by atoms with E-state index in [4.69, 9.17) is 0 Å². The van der Waals surface area contributed by atoms with E-state index in [2.05, 4.69) is 22.4 Å². The molecule has 0 bridgehead atoms. The number of piperidine rings is 1. The molecule has 1 fully saturated rings. The minimum absolute atomic E-state index is 0.966. The van der Waals surface area contributed by atoms with Gasteiger partial charge >= 0.3 is 0 Å². The molecule has 2 nitrogen and oxygen atoms in total. The van der Waals surface area contributed by atoms with Crippen LogP contribution in [0.25, 0.3) is 0 Å². The molecular formula is C13H20N2. The molecule has 2 heteroatoms. The normalized spacial score (nSPS) is 17.9. The first-order chi connectivity index (χ1) is 7.45. The molecule has 0 spiro atoms. The maximum Gasteiger partial charge on any atom is 0.0270 e. The van der Waals surface area contributed by atoms with Gasteiger partial charge < -0.3 is 5.32 Å². The minimum Gasteiger partial charge on any atom is -0.317 e. The first kappa shape index (κ1) is 10.6. The van der Waals surface area contributed by atoms with Gasteiger partial charge in [-0.3, -0.25) is 4.98 Å². The molecule has 1 aliphatic rings. The van der Waals surface area contributed by atoms with E-state index >= 15 is 0 Å². The number of rotatable bonds is 4. The van der Waals surface area contributed by atoms with Crippen LogP contribution < -0.4 is 5.32 Å². The topological polar surface area (TPSA) is 24.9 Å². The second-order valence-corrected chi connectivity index (χ2v) is 4.44. The van der Waals surface area contributed by atoms with Crippen LogP contribution in [0.4, 0.5) is 0 Å². The van der Waals surface area contributed by atoms with E-state index in [-0.39, 0.29) is 0 Å². The van der Waals surface area contributed by atoms with Crippen molar-refractivity contribution in [3.8, 4) is 0 Å². The molecule has 2 rings (SSSR count). The number of hydrogen-bond acceptors (Lipinski definition) is 2. The van der Waals surface area contributed by atoms with Crippen LogP contribution in [0, 0.1) is 5.92 Å². The van der Waals surface area contributed by atoms with Crippen LogP contribution in [-0.2, 0) is 6.42 Å². The summed E-state index contributed by atoms with van der Waals surface area (Å²) in [6.45, 7) is 2.44. The molecule has 1 N–H and O–H groups in total. The second-order valence-electron chi connectivity index (χ2n) is 4.44. The molecule has 0 aromatic carbocycles. The van der Waals surface area contributed by atoms with Crippen molar-refractivity contribution in [3.63, 3.8) is 0 Å². The lowest BCUT2D eigenvalue weighted by atomic mass is 9.92. The quantitative estimate of drug-likeness (QED) is 0.814. The van der Waals surface area contributed by atoms with E-state index in [1.54, 1.807) is 0 Å². The van der Waals surface area contributed by atoms with Crippen LogP contribution in [0.5, 0.6) is 0 Å². The Morgan fingerprint density at radius 1 is 1.20 bits per heavy atom. The highest BCUT2D eigenvalue weighted by Crippen LogP contribution is 2.18. The van der Waals surface area contributed by atoms with Gasteiger partial charge in [-0.2, -0.15) is 0 Å². The molecule has 1 aliphatic heterocycles. The number of nitrogens with one attached hydrogen (secondary N) is 1. The van der Waals surface area contributed by atoms with Crippen LogP contribution in [0.2, 0.25) is 0 Å². The Kier molecular flexibility index (Phi) is 4.15. The summed E-state index contributed by atoms with van der Waals surface area (Å²) >= 11 is 0.